The quantitative estimate of drug-likeness (QED) is 0.935. The lowest BCUT2D eigenvalue weighted by atomic mass is 10.1. The van der Waals surface area contributed by atoms with Gasteiger partial charge < -0.3 is 5.73 Å². The fourth-order valence-corrected chi connectivity index (χ4v) is 4.48. The Kier molecular flexibility index (Phi) is 3.81. The number of hydrogen-bond acceptors (Lipinski definition) is 3. The van der Waals surface area contributed by atoms with E-state index in [2.05, 4.69) is 30.0 Å². The van der Waals surface area contributed by atoms with Crippen molar-refractivity contribution < 1.29 is 0 Å². The summed E-state index contributed by atoms with van der Waals surface area (Å²) in [5.74, 6) is 0.642. The summed E-state index contributed by atoms with van der Waals surface area (Å²) in [4.78, 5) is 3.79. The van der Waals surface area contributed by atoms with Crippen LogP contribution in [-0.4, -0.2) is 24.0 Å². The number of nitrogens with two attached hydrogens (primary N) is 1. The normalized spacial score (nSPS) is 24.4. The Morgan fingerprint density at radius 3 is 2.89 bits per heavy atom. The first kappa shape index (κ1) is 13.4. The zero-order chi connectivity index (χ0) is 13.4. The van der Waals surface area contributed by atoms with Gasteiger partial charge in [-0.1, -0.05) is 29.8 Å². The molecular formula is C15H19ClN2S. The van der Waals surface area contributed by atoms with Crippen LogP contribution in [0.1, 0.15) is 18.2 Å². The SMILES string of the molecule is CC1CC(CN)CN1Cc1sc2ccccc2c1Cl. The minimum Gasteiger partial charge on any atom is -0.330 e. The van der Waals surface area contributed by atoms with E-state index in [0.717, 1.165) is 24.7 Å². The second-order valence-corrected chi connectivity index (χ2v) is 6.97. The van der Waals surface area contributed by atoms with Crippen LogP contribution in [0.25, 0.3) is 10.1 Å². The topological polar surface area (TPSA) is 29.3 Å². The fourth-order valence-electron chi connectivity index (χ4n) is 2.96. The minimum atomic E-state index is 0.606. The summed E-state index contributed by atoms with van der Waals surface area (Å²) in [5.41, 5.74) is 5.79. The molecule has 2 aromatic rings. The van der Waals surface area contributed by atoms with Crippen molar-refractivity contribution in [2.45, 2.75) is 25.9 Å². The predicted octanol–water partition coefficient (Wildman–Crippen LogP) is 3.72. The van der Waals surface area contributed by atoms with Crippen molar-refractivity contribution in [2.24, 2.45) is 11.7 Å². The molecule has 2 nitrogen and oxygen atoms in total. The van der Waals surface area contributed by atoms with E-state index in [-0.39, 0.29) is 0 Å². The van der Waals surface area contributed by atoms with Gasteiger partial charge in [0.1, 0.15) is 0 Å². The molecule has 2 unspecified atom stereocenters. The monoisotopic (exact) mass is 294 g/mol. The molecule has 1 saturated heterocycles. The highest BCUT2D eigenvalue weighted by Crippen LogP contribution is 2.37. The van der Waals surface area contributed by atoms with Crippen LogP contribution in [0.2, 0.25) is 5.02 Å². The molecule has 0 saturated carbocycles. The summed E-state index contributed by atoms with van der Waals surface area (Å²) in [7, 11) is 0. The number of halogens is 1. The second-order valence-electron chi connectivity index (χ2n) is 5.45. The molecule has 102 valence electrons. The van der Waals surface area contributed by atoms with Crippen molar-refractivity contribution in [1.29, 1.82) is 0 Å². The maximum atomic E-state index is 6.51. The highest BCUT2D eigenvalue weighted by atomic mass is 35.5. The van der Waals surface area contributed by atoms with Gasteiger partial charge >= 0.3 is 0 Å². The largest absolute Gasteiger partial charge is 0.330 e. The van der Waals surface area contributed by atoms with Gasteiger partial charge in [-0.2, -0.15) is 0 Å². The number of fused-ring (bicyclic) bond motifs is 1. The van der Waals surface area contributed by atoms with Crippen LogP contribution in [-0.2, 0) is 6.54 Å². The molecule has 0 amide bonds. The number of rotatable bonds is 3. The Hall–Kier alpha value is -0.610. The first-order valence-corrected chi connectivity index (χ1v) is 7.98. The Morgan fingerprint density at radius 2 is 2.21 bits per heavy atom. The van der Waals surface area contributed by atoms with Crippen LogP contribution in [0.5, 0.6) is 0 Å². The molecule has 1 aromatic heterocycles. The Balaban J connectivity index is 1.84. The molecule has 0 spiro atoms. The third-order valence-electron chi connectivity index (χ3n) is 4.07. The molecule has 4 heteroatoms. The van der Waals surface area contributed by atoms with Crippen LogP contribution >= 0.6 is 22.9 Å². The molecule has 2 N–H and O–H groups in total. The molecule has 1 aliphatic rings. The Bertz CT molecular complexity index is 581. The number of nitrogens with zero attached hydrogens (tertiary/aromatic N) is 1. The van der Waals surface area contributed by atoms with Gasteiger partial charge in [-0.25, -0.2) is 0 Å². The van der Waals surface area contributed by atoms with Crippen LogP contribution < -0.4 is 5.73 Å². The molecule has 1 fully saturated rings. The number of likely N-dealkylation sites (tertiary alicyclic amines) is 1. The molecule has 1 aliphatic heterocycles. The first-order chi connectivity index (χ1) is 9.19. The van der Waals surface area contributed by atoms with Crippen molar-refractivity contribution in [1.82, 2.24) is 4.90 Å². The zero-order valence-corrected chi connectivity index (χ0v) is 12.7. The summed E-state index contributed by atoms with van der Waals surface area (Å²) in [6, 6.07) is 8.98. The van der Waals surface area contributed by atoms with Gasteiger partial charge in [0.2, 0.25) is 0 Å². The highest BCUT2D eigenvalue weighted by Gasteiger charge is 2.28. The number of benzene rings is 1. The third-order valence-corrected chi connectivity index (χ3v) is 5.77. The molecule has 3 rings (SSSR count). The van der Waals surface area contributed by atoms with E-state index in [1.807, 2.05) is 17.4 Å². The van der Waals surface area contributed by atoms with Gasteiger partial charge in [0.25, 0.3) is 0 Å². The van der Waals surface area contributed by atoms with E-state index in [9.17, 15) is 0 Å². The van der Waals surface area contributed by atoms with Crippen LogP contribution in [0.3, 0.4) is 0 Å². The average Bonchev–Trinajstić information content (AvgIpc) is 2.93. The minimum absolute atomic E-state index is 0.606. The summed E-state index contributed by atoms with van der Waals surface area (Å²) >= 11 is 8.33. The molecule has 0 radical (unpaired) electrons. The van der Waals surface area contributed by atoms with E-state index in [1.54, 1.807) is 0 Å². The molecule has 0 aliphatic carbocycles. The summed E-state index contributed by atoms with van der Waals surface area (Å²) in [6.45, 7) is 5.13. The standard InChI is InChI=1S/C15H19ClN2S/c1-10-6-11(7-17)8-18(10)9-14-15(16)12-4-2-3-5-13(12)19-14/h2-5,10-11H,6-9,17H2,1H3. The van der Waals surface area contributed by atoms with E-state index < -0.39 is 0 Å². The van der Waals surface area contributed by atoms with Gasteiger partial charge in [0.05, 0.1) is 5.02 Å². The Labute approximate surface area is 123 Å². The smallest absolute Gasteiger partial charge is 0.0637 e. The van der Waals surface area contributed by atoms with E-state index >= 15 is 0 Å². The lowest BCUT2D eigenvalue weighted by Crippen LogP contribution is -2.27. The van der Waals surface area contributed by atoms with Gasteiger partial charge in [-0.15, -0.1) is 11.3 Å². The van der Waals surface area contributed by atoms with E-state index in [0.29, 0.717) is 12.0 Å². The summed E-state index contributed by atoms with van der Waals surface area (Å²) < 4.78 is 1.28. The predicted molar refractivity (Wildman–Crippen MR) is 83.9 cm³/mol. The number of thiophene rings is 1. The van der Waals surface area contributed by atoms with Crippen molar-refractivity contribution >= 4 is 33.0 Å². The van der Waals surface area contributed by atoms with Gasteiger partial charge in [0.15, 0.2) is 0 Å². The maximum absolute atomic E-state index is 6.51. The molecular weight excluding hydrogens is 276 g/mol. The number of hydrogen-bond donors (Lipinski definition) is 1. The van der Waals surface area contributed by atoms with Crippen molar-refractivity contribution in [3.05, 3.63) is 34.2 Å². The van der Waals surface area contributed by atoms with E-state index in [1.165, 1.54) is 21.4 Å². The van der Waals surface area contributed by atoms with Crippen LogP contribution in [0.4, 0.5) is 0 Å². The average molecular weight is 295 g/mol. The van der Waals surface area contributed by atoms with Crippen LogP contribution in [0.15, 0.2) is 24.3 Å². The van der Waals surface area contributed by atoms with Crippen molar-refractivity contribution in [3.8, 4) is 0 Å². The zero-order valence-electron chi connectivity index (χ0n) is 11.1. The lowest BCUT2D eigenvalue weighted by molar-refractivity contribution is 0.258. The van der Waals surface area contributed by atoms with Gasteiger partial charge in [0, 0.05) is 34.1 Å². The molecule has 1 aromatic carbocycles. The maximum Gasteiger partial charge on any atom is 0.0637 e. The van der Waals surface area contributed by atoms with Gasteiger partial charge in [-0.05, 0) is 31.9 Å². The fraction of sp³-hybridized carbons (Fsp3) is 0.467. The molecule has 19 heavy (non-hydrogen) atoms. The van der Waals surface area contributed by atoms with Crippen molar-refractivity contribution in [3.63, 3.8) is 0 Å². The highest BCUT2D eigenvalue weighted by molar-refractivity contribution is 7.19. The van der Waals surface area contributed by atoms with Crippen molar-refractivity contribution in [2.75, 3.05) is 13.1 Å². The third kappa shape index (κ3) is 2.52. The van der Waals surface area contributed by atoms with E-state index in [4.69, 9.17) is 17.3 Å². The molecule has 2 heterocycles. The second kappa shape index (κ2) is 5.41. The molecule has 0 bridgehead atoms. The summed E-state index contributed by atoms with van der Waals surface area (Å²) in [5, 5.41) is 2.12. The van der Waals surface area contributed by atoms with Gasteiger partial charge in [-0.3, -0.25) is 4.90 Å². The lowest BCUT2D eigenvalue weighted by Gasteiger charge is -2.20. The van der Waals surface area contributed by atoms with Crippen LogP contribution in [0, 0.1) is 5.92 Å². The first-order valence-electron chi connectivity index (χ1n) is 6.79. The molecule has 2 atom stereocenters. The Morgan fingerprint density at radius 1 is 1.42 bits per heavy atom. The summed E-state index contributed by atoms with van der Waals surface area (Å²) in [6.07, 6.45) is 1.21.